The maximum Gasteiger partial charge on any atom is 0.244 e. The number of hydrogen-bond acceptors (Lipinski definition) is 4. The average molecular weight is 474 g/mol. The van der Waals surface area contributed by atoms with Gasteiger partial charge in [0.15, 0.2) is 0 Å². The molecule has 0 fully saturated rings. The largest absolute Gasteiger partial charge is 0.354 e. The fraction of sp³-hybridized carbons (Fsp3) is 0.440. The molecule has 0 aliphatic rings. The molecule has 2 rings (SSSR count). The molecule has 2 aromatic rings. The van der Waals surface area contributed by atoms with E-state index in [1.807, 2.05) is 51.1 Å². The molecule has 1 N–H and O–H groups in total. The first kappa shape index (κ1) is 26.4. The van der Waals surface area contributed by atoms with Gasteiger partial charge in [0, 0.05) is 13.1 Å². The zero-order valence-corrected chi connectivity index (χ0v) is 21.0. The first-order valence-electron chi connectivity index (χ1n) is 11.2. The zero-order chi connectivity index (χ0) is 24.6. The van der Waals surface area contributed by atoms with Gasteiger partial charge in [-0.1, -0.05) is 56.3 Å². The number of nitrogens with zero attached hydrogens (tertiary/aromatic N) is 2. The van der Waals surface area contributed by atoms with Crippen molar-refractivity contribution in [1.82, 2.24) is 10.2 Å². The quantitative estimate of drug-likeness (QED) is 0.542. The number of hydrogen-bond donors (Lipinski definition) is 1. The third-order valence-electron chi connectivity index (χ3n) is 5.60. The molecule has 0 radical (unpaired) electrons. The van der Waals surface area contributed by atoms with Crippen LogP contribution in [-0.4, -0.2) is 50.5 Å². The molecule has 0 aromatic heterocycles. The highest BCUT2D eigenvalue weighted by molar-refractivity contribution is 7.92. The van der Waals surface area contributed by atoms with Crippen molar-refractivity contribution in [2.75, 3.05) is 23.7 Å². The molecule has 0 aliphatic carbocycles. The van der Waals surface area contributed by atoms with Crippen LogP contribution in [0.1, 0.15) is 43.4 Å². The van der Waals surface area contributed by atoms with Gasteiger partial charge >= 0.3 is 0 Å². The Bertz CT molecular complexity index is 1070. The van der Waals surface area contributed by atoms with Gasteiger partial charge in [0.25, 0.3) is 0 Å². The highest BCUT2D eigenvalue weighted by atomic mass is 32.2. The minimum absolute atomic E-state index is 0.217. The topological polar surface area (TPSA) is 86.8 Å². The summed E-state index contributed by atoms with van der Waals surface area (Å²) in [5.74, 6) is -0.659. The molecule has 0 heterocycles. The number of carbonyl (C=O) groups excluding carboxylic acids is 2. The van der Waals surface area contributed by atoms with Crippen LogP contribution in [0.4, 0.5) is 5.69 Å². The van der Waals surface area contributed by atoms with E-state index < -0.39 is 22.0 Å². The predicted molar refractivity (Wildman–Crippen MR) is 132 cm³/mol. The number of para-hydroxylation sites is 1. The van der Waals surface area contributed by atoms with Gasteiger partial charge in [-0.25, -0.2) is 8.42 Å². The van der Waals surface area contributed by atoms with Gasteiger partial charge in [0.1, 0.15) is 12.6 Å². The first-order chi connectivity index (χ1) is 15.6. The van der Waals surface area contributed by atoms with Crippen LogP contribution in [0.2, 0.25) is 0 Å². The molecule has 8 heteroatoms. The van der Waals surface area contributed by atoms with Crippen LogP contribution in [0, 0.1) is 13.8 Å². The van der Waals surface area contributed by atoms with E-state index in [2.05, 4.69) is 5.32 Å². The summed E-state index contributed by atoms with van der Waals surface area (Å²) in [6, 6.07) is 14.0. The summed E-state index contributed by atoms with van der Waals surface area (Å²) >= 11 is 0. The molecular weight excluding hydrogens is 438 g/mol. The predicted octanol–water partition coefficient (Wildman–Crippen LogP) is 3.40. The number of aryl methyl sites for hydroxylation is 2. The summed E-state index contributed by atoms with van der Waals surface area (Å²) in [5, 5.41) is 2.88. The van der Waals surface area contributed by atoms with Gasteiger partial charge in [-0.3, -0.25) is 13.9 Å². The van der Waals surface area contributed by atoms with Crippen LogP contribution < -0.4 is 9.62 Å². The second kappa shape index (κ2) is 11.8. The van der Waals surface area contributed by atoms with Crippen LogP contribution in [0.15, 0.2) is 48.5 Å². The van der Waals surface area contributed by atoms with E-state index in [1.54, 1.807) is 25.1 Å². The lowest BCUT2D eigenvalue weighted by Crippen LogP contribution is -2.52. The van der Waals surface area contributed by atoms with Gasteiger partial charge in [-0.15, -0.1) is 0 Å². The lowest BCUT2D eigenvalue weighted by Gasteiger charge is -2.33. The summed E-state index contributed by atoms with van der Waals surface area (Å²) in [6.07, 6.45) is 2.28. The van der Waals surface area contributed by atoms with Crippen LogP contribution >= 0.6 is 0 Å². The number of carbonyl (C=O) groups is 2. The van der Waals surface area contributed by atoms with Crippen molar-refractivity contribution in [3.63, 3.8) is 0 Å². The standard InChI is InChI=1S/C25H35N3O4S/c1-6-16-26-25(30)22(7-2)27(17-21-14-10-8-12-19(21)3)24(29)18-28(33(5,31)32)23-15-11-9-13-20(23)4/h8-15,22H,6-7,16-18H2,1-5H3,(H,26,30)/t22-/m1/s1. The maximum atomic E-state index is 13.6. The third kappa shape index (κ3) is 7.05. The summed E-state index contributed by atoms with van der Waals surface area (Å²) in [5.41, 5.74) is 3.11. The highest BCUT2D eigenvalue weighted by Gasteiger charge is 2.32. The van der Waals surface area contributed by atoms with Crippen LogP contribution in [0.5, 0.6) is 0 Å². The van der Waals surface area contributed by atoms with E-state index >= 15 is 0 Å². The maximum absolute atomic E-state index is 13.6. The van der Waals surface area contributed by atoms with E-state index in [9.17, 15) is 18.0 Å². The van der Waals surface area contributed by atoms with Gasteiger partial charge in [-0.05, 0) is 49.4 Å². The van der Waals surface area contributed by atoms with E-state index in [0.29, 0.717) is 18.7 Å². The van der Waals surface area contributed by atoms with E-state index in [4.69, 9.17) is 0 Å². The van der Waals surface area contributed by atoms with Crippen molar-refractivity contribution < 1.29 is 18.0 Å². The van der Waals surface area contributed by atoms with E-state index in [0.717, 1.165) is 33.7 Å². The number of rotatable bonds is 11. The molecule has 33 heavy (non-hydrogen) atoms. The lowest BCUT2D eigenvalue weighted by molar-refractivity contribution is -0.140. The van der Waals surface area contributed by atoms with Crippen molar-refractivity contribution in [2.24, 2.45) is 0 Å². The molecule has 0 spiro atoms. The van der Waals surface area contributed by atoms with Gasteiger partial charge in [-0.2, -0.15) is 0 Å². The number of anilines is 1. The minimum Gasteiger partial charge on any atom is -0.354 e. The minimum atomic E-state index is -3.73. The summed E-state index contributed by atoms with van der Waals surface area (Å²) in [6.45, 7) is 7.92. The molecule has 180 valence electrons. The van der Waals surface area contributed by atoms with Gasteiger partial charge in [0.05, 0.1) is 11.9 Å². The van der Waals surface area contributed by atoms with Crippen molar-refractivity contribution in [1.29, 1.82) is 0 Å². The molecule has 0 bridgehead atoms. The van der Waals surface area contributed by atoms with E-state index in [-0.39, 0.29) is 19.0 Å². The molecule has 2 aromatic carbocycles. The van der Waals surface area contributed by atoms with Crippen molar-refractivity contribution in [3.05, 3.63) is 65.2 Å². The van der Waals surface area contributed by atoms with Crippen molar-refractivity contribution in [3.8, 4) is 0 Å². The second-order valence-electron chi connectivity index (χ2n) is 8.22. The molecule has 0 saturated heterocycles. The lowest BCUT2D eigenvalue weighted by atomic mass is 10.1. The Balaban J connectivity index is 2.45. The molecule has 0 aliphatic heterocycles. The number of amides is 2. The second-order valence-corrected chi connectivity index (χ2v) is 10.1. The Morgan fingerprint density at radius 2 is 1.58 bits per heavy atom. The van der Waals surface area contributed by atoms with Crippen LogP contribution in [-0.2, 0) is 26.2 Å². The molecular formula is C25H35N3O4S. The Hall–Kier alpha value is -2.87. The Morgan fingerprint density at radius 1 is 0.970 bits per heavy atom. The SMILES string of the molecule is CCCNC(=O)[C@@H](CC)N(Cc1ccccc1C)C(=O)CN(c1ccccc1C)S(C)(=O)=O. The number of sulfonamides is 1. The fourth-order valence-corrected chi connectivity index (χ4v) is 4.60. The fourth-order valence-electron chi connectivity index (χ4n) is 3.69. The molecule has 0 unspecified atom stereocenters. The first-order valence-corrected chi connectivity index (χ1v) is 13.1. The summed E-state index contributed by atoms with van der Waals surface area (Å²) in [7, 11) is -3.73. The normalized spacial score (nSPS) is 12.2. The van der Waals surface area contributed by atoms with Crippen LogP contribution in [0.25, 0.3) is 0 Å². The zero-order valence-electron chi connectivity index (χ0n) is 20.2. The average Bonchev–Trinajstić information content (AvgIpc) is 2.76. The molecule has 1 atom stereocenters. The van der Waals surface area contributed by atoms with Crippen molar-refractivity contribution >= 4 is 27.5 Å². The van der Waals surface area contributed by atoms with E-state index in [1.165, 1.54) is 4.90 Å². The Morgan fingerprint density at radius 3 is 2.12 bits per heavy atom. The Kier molecular flexibility index (Phi) is 9.46. The molecule has 0 saturated carbocycles. The summed E-state index contributed by atoms with van der Waals surface area (Å²) < 4.78 is 26.4. The number of benzene rings is 2. The highest BCUT2D eigenvalue weighted by Crippen LogP contribution is 2.23. The third-order valence-corrected chi connectivity index (χ3v) is 6.73. The Labute approximate surface area is 197 Å². The summed E-state index contributed by atoms with van der Waals surface area (Å²) in [4.78, 5) is 28.0. The number of nitrogens with one attached hydrogen (secondary N) is 1. The molecule has 2 amide bonds. The monoisotopic (exact) mass is 473 g/mol. The van der Waals surface area contributed by atoms with Gasteiger partial charge in [0.2, 0.25) is 21.8 Å². The van der Waals surface area contributed by atoms with Crippen LogP contribution in [0.3, 0.4) is 0 Å². The van der Waals surface area contributed by atoms with Gasteiger partial charge < -0.3 is 10.2 Å². The molecule has 7 nitrogen and oxygen atoms in total. The smallest absolute Gasteiger partial charge is 0.244 e. The van der Waals surface area contributed by atoms with Crippen molar-refractivity contribution in [2.45, 2.75) is 53.1 Å².